The Hall–Kier alpha value is -7.00. The zero-order valence-electron chi connectivity index (χ0n) is 37.4. The summed E-state index contributed by atoms with van der Waals surface area (Å²) in [6.07, 6.45) is -4.83. The van der Waals surface area contributed by atoms with Gasteiger partial charge in [0, 0.05) is 11.1 Å². The van der Waals surface area contributed by atoms with Crippen LogP contribution >= 0.6 is 0 Å². The number of carboxylic acid groups (broad SMARTS) is 2. The number of anilines is 2. The topological polar surface area (TPSA) is 208 Å². The van der Waals surface area contributed by atoms with Gasteiger partial charge in [-0.15, -0.1) is 0 Å². The van der Waals surface area contributed by atoms with Gasteiger partial charge in [0.05, 0.1) is 34.3 Å². The predicted molar refractivity (Wildman–Crippen MR) is 250 cm³/mol. The number of hydrogen-bond acceptors (Lipinski definition) is 10. The molecule has 0 unspecified atom stereocenters. The third-order valence-corrected chi connectivity index (χ3v) is 15.1. The first-order valence-corrected chi connectivity index (χ1v) is 24.5. The summed E-state index contributed by atoms with van der Waals surface area (Å²) in [7, 11) is -8.19. The number of hydrogen-bond donors (Lipinski definition) is 4. The van der Waals surface area contributed by atoms with Gasteiger partial charge in [-0.05, 0) is 147 Å². The van der Waals surface area contributed by atoms with Crippen LogP contribution < -0.4 is 18.1 Å². The number of benzene rings is 6. The van der Waals surface area contributed by atoms with E-state index in [1.54, 1.807) is 38.1 Å². The number of aliphatic carboxylic acids is 2. The van der Waals surface area contributed by atoms with Gasteiger partial charge < -0.3 is 29.9 Å². The zero-order valence-corrected chi connectivity index (χ0v) is 39.0. The van der Waals surface area contributed by atoms with Gasteiger partial charge in [-0.1, -0.05) is 36.4 Å². The summed E-state index contributed by atoms with van der Waals surface area (Å²) >= 11 is 0. The number of nitrogens with zero attached hydrogens (tertiary/aromatic N) is 2. The molecular weight excluding hydrogens is 961 g/mol. The molecule has 6 aromatic rings. The minimum Gasteiger partial charge on any atom is -0.486 e. The maximum atomic E-state index is 14.4. The fraction of sp³-hybridized carbons (Fsp3) is 0.240. The van der Waals surface area contributed by atoms with E-state index in [1.165, 1.54) is 60.7 Å². The van der Waals surface area contributed by atoms with Crippen molar-refractivity contribution >= 4 is 43.4 Å². The van der Waals surface area contributed by atoms with Gasteiger partial charge in [0.2, 0.25) is 0 Å². The molecule has 70 heavy (non-hydrogen) atoms. The van der Waals surface area contributed by atoms with E-state index in [1.807, 2.05) is 0 Å². The van der Waals surface area contributed by atoms with Crippen molar-refractivity contribution in [1.29, 1.82) is 0 Å². The molecule has 0 spiro atoms. The number of halogens is 4. The molecule has 368 valence electrons. The molecule has 2 aliphatic heterocycles. The summed E-state index contributed by atoms with van der Waals surface area (Å²) in [4.78, 5) is 22.0. The highest BCUT2D eigenvalue weighted by molar-refractivity contribution is 7.93. The first-order chi connectivity index (χ1) is 33.1. The largest absolute Gasteiger partial charge is 0.486 e. The van der Waals surface area contributed by atoms with Crippen LogP contribution in [0.25, 0.3) is 22.3 Å². The number of ether oxygens (including phenoxy) is 2. The van der Waals surface area contributed by atoms with Crippen molar-refractivity contribution in [3.63, 3.8) is 0 Å². The molecule has 6 aromatic carbocycles. The van der Waals surface area contributed by atoms with Crippen molar-refractivity contribution in [2.24, 2.45) is 0 Å². The average Bonchev–Trinajstić information content (AvgIpc) is 3.33. The van der Waals surface area contributed by atoms with E-state index in [2.05, 4.69) is 0 Å². The summed E-state index contributed by atoms with van der Waals surface area (Å²) in [5.74, 6) is -5.02. The fourth-order valence-electron chi connectivity index (χ4n) is 7.89. The van der Waals surface area contributed by atoms with Crippen molar-refractivity contribution in [1.82, 2.24) is 0 Å². The van der Waals surface area contributed by atoms with Crippen LogP contribution in [0.1, 0.15) is 36.8 Å². The quantitative estimate of drug-likeness (QED) is 0.0761. The maximum Gasteiger partial charge on any atom is 0.332 e. The number of aryl methyl sites for hydroxylation is 2. The number of sulfonamides is 2. The molecule has 14 nitrogen and oxygen atoms in total. The van der Waals surface area contributed by atoms with Crippen molar-refractivity contribution in [2.45, 2.75) is 73.7 Å². The molecule has 0 saturated carbocycles. The third kappa shape index (κ3) is 11.4. The highest BCUT2D eigenvalue weighted by atomic mass is 32.2. The van der Waals surface area contributed by atoms with Gasteiger partial charge >= 0.3 is 11.9 Å². The number of rotatable bonds is 14. The number of aliphatic hydroxyl groups excluding tert-OH is 2. The molecule has 0 aliphatic carbocycles. The normalized spacial score (nSPS) is 16.3. The highest BCUT2D eigenvalue weighted by Gasteiger charge is 2.37. The summed E-state index contributed by atoms with van der Waals surface area (Å²) in [6.45, 7) is 3.19. The van der Waals surface area contributed by atoms with Crippen LogP contribution in [0, 0.1) is 37.1 Å². The van der Waals surface area contributed by atoms with Gasteiger partial charge in [0.1, 0.15) is 47.0 Å². The van der Waals surface area contributed by atoms with Gasteiger partial charge in [-0.25, -0.2) is 44.0 Å². The van der Waals surface area contributed by atoms with Crippen LogP contribution in [-0.4, -0.2) is 86.7 Å². The van der Waals surface area contributed by atoms with Gasteiger partial charge in [0.25, 0.3) is 20.0 Å². The van der Waals surface area contributed by atoms with E-state index in [0.717, 1.165) is 56.1 Å². The molecular formula is C50H46F4N2O12S2. The van der Waals surface area contributed by atoms with E-state index in [-0.39, 0.29) is 93.7 Å². The Morgan fingerprint density at radius 2 is 0.957 bits per heavy atom. The average molecular weight is 1010 g/mol. The first-order valence-electron chi connectivity index (χ1n) is 21.6. The fourth-order valence-corrected chi connectivity index (χ4v) is 11.1. The van der Waals surface area contributed by atoms with Crippen LogP contribution in [-0.2, 0) is 29.6 Å². The predicted octanol–water partition coefficient (Wildman–Crippen LogP) is 8.24. The van der Waals surface area contributed by atoms with Crippen molar-refractivity contribution in [3.8, 4) is 33.8 Å². The Kier molecular flexibility index (Phi) is 15.2. The van der Waals surface area contributed by atoms with Gasteiger partial charge in [-0.2, -0.15) is 0 Å². The lowest BCUT2D eigenvalue weighted by Crippen LogP contribution is -2.44. The summed E-state index contributed by atoms with van der Waals surface area (Å²) in [6, 6.07) is 27.4. The molecule has 0 aromatic heterocycles. The van der Waals surface area contributed by atoms with E-state index < -0.39 is 79.7 Å². The van der Waals surface area contributed by atoms with Gasteiger partial charge in [-0.3, -0.25) is 8.61 Å². The number of carbonyl (C=O) groups is 2. The lowest BCUT2D eigenvalue weighted by molar-refractivity contribution is -0.147. The number of fused-ring (bicyclic) bond motifs is 2. The third-order valence-electron chi connectivity index (χ3n) is 11.5. The zero-order chi connectivity index (χ0) is 50.7. The molecule has 8 rings (SSSR count). The molecule has 2 aliphatic rings. The molecule has 0 saturated heterocycles. The molecule has 4 N–H and O–H groups in total. The molecule has 0 amide bonds. The van der Waals surface area contributed by atoms with Crippen LogP contribution in [0.2, 0.25) is 0 Å². The molecule has 2 heterocycles. The molecule has 0 fully saturated rings. The Morgan fingerprint density at radius 3 is 1.31 bits per heavy atom. The Balaban J connectivity index is 0.000000206. The van der Waals surface area contributed by atoms with Crippen LogP contribution in [0.5, 0.6) is 11.5 Å². The van der Waals surface area contributed by atoms with Crippen LogP contribution in [0.3, 0.4) is 0 Å². The SMILES string of the molecule is Cc1cccc(S(=O)(=O)N2C[C@H](CC[C@@H](O)C(=O)O)Oc3ccc(-c4cc(F)ccc4F)cc32)c1.Cc1cccc(S(=O)(=O)N2C[C@H](CC[C@H](O)C(=O)O)Oc3ccc(-c4cc(F)ccc4F)cc32)c1. The van der Waals surface area contributed by atoms with E-state index in [9.17, 15) is 54.2 Å². The second-order valence-corrected chi connectivity index (χ2v) is 20.4. The monoisotopic (exact) mass is 1010 g/mol. The van der Waals surface area contributed by atoms with Crippen molar-refractivity contribution < 1.29 is 73.9 Å². The minimum absolute atomic E-state index is 0.0348. The molecule has 0 radical (unpaired) electrons. The summed E-state index contributed by atoms with van der Waals surface area (Å²) in [5, 5.41) is 37.2. The minimum atomic E-state index is -4.10. The van der Waals surface area contributed by atoms with Crippen LogP contribution in [0.4, 0.5) is 28.9 Å². The first kappa shape index (κ1) is 50.9. The Morgan fingerprint density at radius 1 is 0.571 bits per heavy atom. The lowest BCUT2D eigenvalue weighted by Gasteiger charge is -2.36. The van der Waals surface area contributed by atoms with E-state index in [0.29, 0.717) is 0 Å². The Bertz CT molecular complexity index is 2970. The van der Waals surface area contributed by atoms with Gasteiger partial charge in [0.15, 0.2) is 12.2 Å². The molecule has 4 atom stereocenters. The summed E-state index contributed by atoms with van der Waals surface area (Å²) in [5.41, 5.74) is 2.19. The maximum absolute atomic E-state index is 14.4. The highest BCUT2D eigenvalue weighted by Crippen LogP contribution is 2.43. The van der Waals surface area contributed by atoms with E-state index >= 15 is 0 Å². The van der Waals surface area contributed by atoms with Crippen molar-refractivity contribution in [2.75, 3.05) is 21.7 Å². The standard InChI is InChI=1S/2C25H23F2NO6S/c2*1-15-3-2-4-19(11-15)35(32,33)28-14-18(7-9-23(29)25(30)31)34-24-10-5-16(12-22(24)28)20-13-17(26)6-8-21(20)27/h2*2-6,8,10-13,18,23,29H,7,9,14H2,1H3,(H,30,31)/t18-,23+;18-,23-/m00/s1. The smallest absolute Gasteiger partial charge is 0.332 e. The lowest BCUT2D eigenvalue weighted by atomic mass is 10.0. The van der Waals surface area contributed by atoms with Crippen LogP contribution in [0.15, 0.2) is 131 Å². The Labute approximate surface area is 400 Å². The van der Waals surface area contributed by atoms with Crippen molar-refractivity contribution in [3.05, 3.63) is 156 Å². The second kappa shape index (κ2) is 20.9. The summed E-state index contributed by atoms with van der Waals surface area (Å²) < 4.78 is 125. The second-order valence-electron chi connectivity index (χ2n) is 16.7. The number of carboxylic acids is 2. The number of aliphatic hydroxyl groups is 2. The van der Waals surface area contributed by atoms with E-state index in [4.69, 9.17) is 19.7 Å². The molecule has 0 bridgehead atoms. The molecule has 20 heteroatoms.